The fourth-order valence-electron chi connectivity index (χ4n) is 3.68. The van der Waals surface area contributed by atoms with E-state index >= 15 is 0 Å². The van der Waals surface area contributed by atoms with Gasteiger partial charge in [0, 0.05) is 13.1 Å². The summed E-state index contributed by atoms with van der Waals surface area (Å²) in [4.78, 5) is 15.4. The summed E-state index contributed by atoms with van der Waals surface area (Å²) in [6.07, 6.45) is 4.57. The second-order valence-corrected chi connectivity index (χ2v) is 8.13. The maximum absolute atomic E-state index is 13.4. The third-order valence-corrected chi connectivity index (χ3v) is 6.44. The van der Waals surface area contributed by atoms with Gasteiger partial charge in [0.1, 0.15) is 16.8 Å². The molecular weight excluding hydrogens is 362 g/mol. The highest BCUT2D eigenvalue weighted by Crippen LogP contribution is 2.38. The molecule has 0 radical (unpaired) electrons. The number of aromatic nitrogens is 3. The van der Waals surface area contributed by atoms with Crippen LogP contribution in [0, 0.1) is 6.92 Å². The SMILES string of the molecule is COc1ccc([C@@H]2Nn3c(C)nnc3S[C@H]2C(=O)N2CCCCCC2)cc1. The molecule has 0 unspecified atom stereocenters. The van der Waals surface area contributed by atoms with Crippen molar-refractivity contribution in [2.45, 2.75) is 49.1 Å². The molecule has 7 nitrogen and oxygen atoms in total. The van der Waals surface area contributed by atoms with Gasteiger partial charge in [0.25, 0.3) is 0 Å². The summed E-state index contributed by atoms with van der Waals surface area (Å²) in [5.74, 6) is 1.78. The van der Waals surface area contributed by atoms with Gasteiger partial charge in [0.2, 0.25) is 11.1 Å². The molecule has 144 valence electrons. The van der Waals surface area contributed by atoms with E-state index in [1.54, 1.807) is 7.11 Å². The molecular formula is C19H25N5O2S. The van der Waals surface area contributed by atoms with E-state index in [1.807, 2.05) is 40.8 Å². The smallest absolute Gasteiger partial charge is 0.238 e. The maximum atomic E-state index is 13.4. The molecule has 2 atom stereocenters. The molecule has 27 heavy (non-hydrogen) atoms. The number of fused-ring (bicyclic) bond motifs is 1. The first-order valence-electron chi connectivity index (χ1n) is 9.45. The van der Waals surface area contributed by atoms with E-state index in [1.165, 1.54) is 24.6 Å². The van der Waals surface area contributed by atoms with Crippen molar-refractivity contribution in [1.82, 2.24) is 19.8 Å². The Hall–Kier alpha value is -2.22. The minimum atomic E-state index is -0.271. The number of nitrogens with zero attached hydrogens (tertiary/aromatic N) is 4. The van der Waals surface area contributed by atoms with E-state index in [0.29, 0.717) is 0 Å². The molecule has 0 saturated carbocycles. The predicted molar refractivity (Wildman–Crippen MR) is 105 cm³/mol. The number of methoxy groups -OCH3 is 1. The highest BCUT2D eigenvalue weighted by Gasteiger charge is 2.39. The van der Waals surface area contributed by atoms with Crippen LogP contribution in [0.4, 0.5) is 0 Å². The number of rotatable bonds is 3. The molecule has 1 fully saturated rings. The Balaban J connectivity index is 1.65. The van der Waals surface area contributed by atoms with Gasteiger partial charge < -0.3 is 15.1 Å². The molecule has 8 heteroatoms. The van der Waals surface area contributed by atoms with Crippen molar-refractivity contribution in [2.24, 2.45) is 0 Å². The number of likely N-dealkylation sites (tertiary alicyclic amines) is 1. The number of carbonyl (C=O) groups excluding carboxylic acids is 1. The molecule has 3 heterocycles. The standard InChI is InChI=1S/C19H25N5O2S/c1-13-20-21-19-24(13)22-16(14-7-9-15(26-2)10-8-14)17(27-19)18(25)23-11-5-3-4-6-12-23/h7-10,16-17,22H,3-6,11-12H2,1-2H3/t16-,17+/m0/s1. The number of hydrogen-bond donors (Lipinski definition) is 1. The number of ether oxygens (including phenoxy) is 1. The van der Waals surface area contributed by atoms with Crippen LogP contribution in [-0.4, -0.2) is 51.1 Å². The zero-order valence-electron chi connectivity index (χ0n) is 15.7. The van der Waals surface area contributed by atoms with Crippen LogP contribution in [0.5, 0.6) is 5.75 Å². The molecule has 2 aromatic rings. The van der Waals surface area contributed by atoms with E-state index < -0.39 is 0 Å². The van der Waals surface area contributed by atoms with Crippen molar-refractivity contribution in [3.8, 4) is 5.75 Å². The number of carbonyl (C=O) groups is 1. The first-order chi connectivity index (χ1) is 13.2. The van der Waals surface area contributed by atoms with Crippen molar-refractivity contribution in [3.05, 3.63) is 35.7 Å². The van der Waals surface area contributed by atoms with Crippen LogP contribution in [0.15, 0.2) is 29.4 Å². The van der Waals surface area contributed by atoms with Crippen LogP contribution in [0.25, 0.3) is 0 Å². The topological polar surface area (TPSA) is 72.3 Å². The van der Waals surface area contributed by atoms with Gasteiger partial charge in [-0.25, -0.2) is 4.68 Å². The number of thioether (sulfide) groups is 1. The lowest BCUT2D eigenvalue weighted by Gasteiger charge is -2.35. The lowest BCUT2D eigenvalue weighted by molar-refractivity contribution is -0.131. The fraction of sp³-hybridized carbons (Fsp3) is 0.526. The van der Waals surface area contributed by atoms with Gasteiger partial charge in [-0.1, -0.05) is 36.7 Å². The normalized spacial score (nSPS) is 22.5. The summed E-state index contributed by atoms with van der Waals surface area (Å²) in [6.45, 7) is 3.60. The molecule has 0 spiro atoms. The second-order valence-electron chi connectivity index (χ2n) is 7.02. The number of nitrogens with one attached hydrogen (secondary N) is 1. The minimum Gasteiger partial charge on any atom is -0.497 e. The Morgan fingerprint density at radius 3 is 2.52 bits per heavy atom. The van der Waals surface area contributed by atoms with Gasteiger partial charge in [0.05, 0.1) is 13.2 Å². The molecule has 1 aromatic carbocycles. The molecule has 1 N–H and O–H groups in total. The quantitative estimate of drug-likeness (QED) is 0.873. The molecule has 0 bridgehead atoms. The van der Waals surface area contributed by atoms with Crippen molar-refractivity contribution < 1.29 is 9.53 Å². The molecule has 4 rings (SSSR count). The van der Waals surface area contributed by atoms with E-state index in [4.69, 9.17) is 4.74 Å². The zero-order valence-corrected chi connectivity index (χ0v) is 16.5. The molecule has 1 aromatic heterocycles. The van der Waals surface area contributed by atoms with Gasteiger partial charge in [-0.05, 0) is 37.5 Å². The average Bonchev–Trinajstić information content (AvgIpc) is 2.90. The minimum absolute atomic E-state index is 0.154. The van der Waals surface area contributed by atoms with Gasteiger partial charge in [-0.3, -0.25) is 4.79 Å². The lowest BCUT2D eigenvalue weighted by atomic mass is 10.0. The van der Waals surface area contributed by atoms with Crippen molar-refractivity contribution in [2.75, 3.05) is 25.6 Å². The molecule has 2 aliphatic heterocycles. The van der Waals surface area contributed by atoms with E-state index in [2.05, 4.69) is 15.6 Å². The Bertz CT molecular complexity index is 799. The van der Waals surface area contributed by atoms with Gasteiger partial charge in [-0.2, -0.15) is 0 Å². The summed E-state index contributed by atoms with van der Waals surface area (Å²) in [7, 11) is 1.65. The largest absolute Gasteiger partial charge is 0.497 e. The Kier molecular flexibility index (Phi) is 5.24. The van der Waals surface area contributed by atoms with E-state index in [-0.39, 0.29) is 17.2 Å². The summed E-state index contributed by atoms with van der Waals surface area (Å²) in [5.41, 5.74) is 4.52. The van der Waals surface area contributed by atoms with Crippen molar-refractivity contribution >= 4 is 17.7 Å². The maximum Gasteiger partial charge on any atom is 0.238 e. The Labute approximate surface area is 163 Å². The fourth-order valence-corrected chi connectivity index (χ4v) is 4.89. The van der Waals surface area contributed by atoms with Crippen LogP contribution in [0.3, 0.4) is 0 Å². The number of hydrogen-bond acceptors (Lipinski definition) is 6. The first kappa shape index (κ1) is 18.2. The van der Waals surface area contributed by atoms with Gasteiger partial charge >= 0.3 is 0 Å². The average molecular weight is 388 g/mol. The van der Waals surface area contributed by atoms with Crippen molar-refractivity contribution in [1.29, 1.82) is 0 Å². The number of benzene rings is 1. The van der Waals surface area contributed by atoms with E-state index in [9.17, 15) is 4.79 Å². The number of aryl methyl sites for hydroxylation is 1. The van der Waals surface area contributed by atoms with Gasteiger partial charge in [-0.15, -0.1) is 10.2 Å². The highest BCUT2D eigenvalue weighted by atomic mass is 32.2. The molecule has 0 aliphatic carbocycles. The van der Waals surface area contributed by atoms with Crippen LogP contribution in [0.2, 0.25) is 0 Å². The second kappa shape index (κ2) is 7.80. The van der Waals surface area contributed by atoms with Crippen LogP contribution in [0.1, 0.15) is 43.1 Å². The monoisotopic (exact) mass is 387 g/mol. The Morgan fingerprint density at radius 1 is 1.15 bits per heavy atom. The zero-order chi connectivity index (χ0) is 18.8. The van der Waals surface area contributed by atoms with E-state index in [0.717, 1.165) is 48.2 Å². The summed E-state index contributed by atoms with van der Waals surface area (Å²) in [5, 5.41) is 8.86. The molecule has 1 amide bonds. The van der Waals surface area contributed by atoms with Crippen LogP contribution < -0.4 is 10.2 Å². The molecule has 1 saturated heterocycles. The first-order valence-corrected chi connectivity index (χ1v) is 10.3. The van der Waals surface area contributed by atoms with Crippen LogP contribution in [-0.2, 0) is 4.79 Å². The lowest BCUT2D eigenvalue weighted by Crippen LogP contribution is -2.46. The summed E-state index contributed by atoms with van der Waals surface area (Å²) < 4.78 is 7.16. The van der Waals surface area contributed by atoms with Crippen molar-refractivity contribution in [3.63, 3.8) is 0 Å². The number of amides is 1. The Morgan fingerprint density at radius 2 is 1.85 bits per heavy atom. The third-order valence-electron chi connectivity index (χ3n) is 5.23. The third kappa shape index (κ3) is 3.63. The highest BCUT2D eigenvalue weighted by molar-refractivity contribution is 8.00. The predicted octanol–water partition coefficient (Wildman–Crippen LogP) is 2.76. The summed E-state index contributed by atoms with van der Waals surface area (Å²) in [6, 6.07) is 7.75. The van der Waals surface area contributed by atoms with Crippen LogP contribution >= 0.6 is 11.8 Å². The van der Waals surface area contributed by atoms with Gasteiger partial charge in [0.15, 0.2) is 0 Å². The summed E-state index contributed by atoms with van der Waals surface area (Å²) >= 11 is 1.50. The molecule has 2 aliphatic rings.